The molecule has 1 aromatic heterocycles. The molecule has 1 aromatic rings. The number of halogens is 1. The summed E-state index contributed by atoms with van der Waals surface area (Å²) in [4.78, 5) is 10.2. The minimum absolute atomic E-state index is 0.225. The van der Waals surface area contributed by atoms with E-state index in [0.717, 1.165) is 18.9 Å². The molecule has 15 heavy (non-hydrogen) atoms. The molecule has 4 nitrogen and oxygen atoms in total. The van der Waals surface area contributed by atoms with E-state index in [1.54, 1.807) is 6.20 Å². The average Bonchev–Trinajstić information content (AvgIpc) is 2.16. The summed E-state index contributed by atoms with van der Waals surface area (Å²) in [6.45, 7) is 5.81. The van der Waals surface area contributed by atoms with Crippen LogP contribution in [0.15, 0.2) is 12.3 Å². The van der Waals surface area contributed by atoms with Gasteiger partial charge in [0.2, 0.25) is 5.28 Å². The monoisotopic (exact) mass is 227 g/mol. The van der Waals surface area contributed by atoms with Crippen LogP contribution < -0.4 is 4.90 Å². The van der Waals surface area contributed by atoms with Gasteiger partial charge in [0.1, 0.15) is 5.82 Å². The van der Waals surface area contributed by atoms with E-state index in [4.69, 9.17) is 16.3 Å². The maximum absolute atomic E-state index is 5.76. The van der Waals surface area contributed by atoms with Crippen molar-refractivity contribution in [2.75, 3.05) is 18.0 Å². The Morgan fingerprint density at radius 2 is 2.07 bits per heavy atom. The van der Waals surface area contributed by atoms with Gasteiger partial charge in [-0.3, -0.25) is 0 Å². The second-order valence-electron chi connectivity index (χ2n) is 3.85. The molecule has 0 unspecified atom stereocenters. The topological polar surface area (TPSA) is 38.2 Å². The first-order chi connectivity index (χ1) is 7.15. The summed E-state index contributed by atoms with van der Waals surface area (Å²) in [5.74, 6) is 0.872. The maximum Gasteiger partial charge on any atom is 0.224 e. The van der Waals surface area contributed by atoms with Crippen LogP contribution in [0.25, 0.3) is 0 Å². The Bertz CT molecular complexity index is 337. The molecule has 0 aliphatic carbocycles. The molecular weight excluding hydrogens is 214 g/mol. The van der Waals surface area contributed by atoms with E-state index < -0.39 is 0 Å². The Morgan fingerprint density at radius 1 is 1.40 bits per heavy atom. The van der Waals surface area contributed by atoms with Gasteiger partial charge in [-0.25, -0.2) is 9.97 Å². The quantitative estimate of drug-likeness (QED) is 0.685. The average molecular weight is 228 g/mol. The zero-order chi connectivity index (χ0) is 10.8. The van der Waals surface area contributed by atoms with Gasteiger partial charge in [-0.15, -0.1) is 0 Å². The molecule has 5 heteroatoms. The summed E-state index contributed by atoms with van der Waals surface area (Å²) < 4.78 is 5.65. The van der Waals surface area contributed by atoms with Crippen LogP contribution in [0.2, 0.25) is 5.28 Å². The number of hydrogen-bond acceptors (Lipinski definition) is 4. The standard InChI is InChI=1S/C10H14ClN3O/c1-7-5-14(6-8(2)15-7)9-3-4-12-10(11)13-9/h3-4,7-8H,5-6H2,1-2H3/t7-,8-/m0/s1. The fourth-order valence-electron chi connectivity index (χ4n) is 1.87. The molecule has 1 fully saturated rings. The molecule has 0 bridgehead atoms. The highest BCUT2D eigenvalue weighted by atomic mass is 35.5. The van der Waals surface area contributed by atoms with Crippen LogP contribution in [0.5, 0.6) is 0 Å². The second-order valence-corrected chi connectivity index (χ2v) is 4.18. The van der Waals surface area contributed by atoms with Gasteiger partial charge in [0.15, 0.2) is 0 Å². The number of anilines is 1. The van der Waals surface area contributed by atoms with E-state index in [0.29, 0.717) is 5.28 Å². The molecule has 0 radical (unpaired) electrons. The van der Waals surface area contributed by atoms with Gasteiger partial charge in [0, 0.05) is 19.3 Å². The minimum atomic E-state index is 0.225. The lowest BCUT2D eigenvalue weighted by Crippen LogP contribution is -2.45. The molecule has 82 valence electrons. The van der Waals surface area contributed by atoms with Crippen molar-refractivity contribution in [2.24, 2.45) is 0 Å². The molecule has 0 aromatic carbocycles. The molecule has 0 N–H and O–H groups in total. The van der Waals surface area contributed by atoms with E-state index in [1.165, 1.54) is 0 Å². The first-order valence-corrected chi connectivity index (χ1v) is 5.42. The van der Waals surface area contributed by atoms with E-state index in [1.807, 2.05) is 6.07 Å². The van der Waals surface area contributed by atoms with Crippen molar-refractivity contribution in [3.8, 4) is 0 Å². The van der Waals surface area contributed by atoms with Crippen molar-refractivity contribution in [3.05, 3.63) is 17.5 Å². The molecular formula is C10H14ClN3O. The highest BCUT2D eigenvalue weighted by Gasteiger charge is 2.23. The predicted molar refractivity (Wildman–Crippen MR) is 59.3 cm³/mol. The Morgan fingerprint density at radius 3 is 2.67 bits per heavy atom. The summed E-state index contributed by atoms with van der Waals surface area (Å²) in [5, 5.41) is 0.291. The number of aromatic nitrogens is 2. The van der Waals surface area contributed by atoms with Crippen molar-refractivity contribution in [2.45, 2.75) is 26.1 Å². The van der Waals surface area contributed by atoms with Crippen molar-refractivity contribution < 1.29 is 4.74 Å². The van der Waals surface area contributed by atoms with Gasteiger partial charge in [0.25, 0.3) is 0 Å². The third kappa shape index (κ3) is 2.58. The number of morpholine rings is 1. The summed E-state index contributed by atoms with van der Waals surface area (Å²) in [6, 6.07) is 1.87. The van der Waals surface area contributed by atoms with E-state index >= 15 is 0 Å². The van der Waals surface area contributed by atoms with Gasteiger partial charge in [-0.2, -0.15) is 0 Å². The third-order valence-corrected chi connectivity index (χ3v) is 2.54. The van der Waals surface area contributed by atoms with Gasteiger partial charge in [0.05, 0.1) is 12.2 Å². The number of rotatable bonds is 1. The summed E-state index contributed by atoms with van der Waals surface area (Å²) in [6.07, 6.45) is 2.13. The van der Waals surface area contributed by atoms with E-state index in [-0.39, 0.29) is 12.2 Å². The first kappa shape index (κ1) is 10.6. The third-order valence-electron chi connectivity index (χ3n) is 2.36. The minimum Gasteiger partial charge on any atom is -0.372 e. The smallest absolute Gasteiger partial charge is 0.224 e. The maximum atomic E-state index is 5.76. The Balaban J connectivity index is 2.16. The van der Waals surface area contributed by atoms with Crippen LogP contribution >= 0.6 is 11.6 Å². The van der Waals surface area contributed by atoms with Crippen LogP contribution in [0, 0.1) is 0 Å². The predicted octanol–water partition coefficient (Wildman–Crippen LogP) is 1.74. The molecule has 0 saturated carbocycles. The van der Waals surface area contributed by atoms with Crippen LogP contribution in [-0.2, 0) is 4.74 Å². The molecule has 2 atom stereocenters. The number of nitrogens with zero attached hydrogens (tertiary/aromatic N) is 3. The van der Waals surface area contributed by atoms with Crippen molar-refractivity contribution >= 4 is 17.4 Å². The molecule has 2 heterocycles. The van der Waals surface area contributed by atoms with E-state index in [9.17, 15) is 0 Å². The zero-order valence-corrected chi connectivity index (χ0v) is 9.61. The largest absolute Gasteiger partial charge is 0.372 e. The molecule has 1 aliphatic rings. The zero-order valence-electron chi connectivity index (χ0n) is 8.85. The van der Waals surface area contributed by atoms with Crippen LogP contribution in [0.3, 0.4) is 0 Å². The lowest BCUT2D eigenvalue weighted by Gasteiger charge is -2.35. The Labute approximate surface area is 94.2 Å². The van der Waals surface area contributed by atoms with Gasteiger partial charge < -0.3 is 9.64 Å². The Hall–Kier alpha value is -0.870. The summed E-state index contributed by atoms with van der Waals surface area (Å²) in [5.41, 5.74) is 0. The van der Waals surface area contributed by atoms with Gasteiger partial charge >= 0.3 is 0 Å². The van der Waals surface area contributed by atoms with Crippen molar-refractivity contribution in [1.82, 2.24) is 9.97 Å². The highest BCUT2D eigenvalue weighted by molar-refractivity contribution is 6.28. The fourth-order valence-corrected chi connectivity index (χ4v) is 2.01. The normalized spacial score (nSPS) is 26.7. The highest BCUT2D eigenvalue weighted by Crippen LogP contribution is 2.18. The van der Waals surface area contributed by atoms with Crippen molar-refractivity contribution in [1.29, 1.82) is 0 Å². The Kier molecular flexibility index (Phi) is 3.07. The lowest BCUT2D eigenvalue weighted by molar-refractivity contribution is -0.00546. The molecule has 2 rings (SSSR count). The molecule has 1 saturated heterocycles. The molecule has 0 spiro atoms. The molecule has 1 aliphatic heterocycles. The van der Waals surface area contributed by atoms with Gasteiger partial charge in [-0.05, 0) is 31.5 Å². The summed E-state index contributed by atoms with van der Waals surface area (Å²) >= 11 is 5.76. The SMILES string of the molecule is C[C@H]1CN(c2ccnc(Cl)n2)C[C@H](C)O1. The number of ether oxygens (including phenoxy) is 1. The second kappa shape index (κ2) is 4.33. The van der Waals surface area contributed by atoms with Crippen LogP contribution in [0.1, 0.15) is 13.8 Å². The first-order valence-electron chi connectivity index (χ1n) is 5.04. The number of hydrogen-bond donors (Lipinski definition) is 0. The van der Waals surface area contributed by atoms with Crippen molar-refractivity contribution in [3.63, 3.8) is 0 Å². The lowest BCUT2D eigenvalue weighted by atomic mass is 10.2. The fraction of sp³-hybridized carbons (Fsp3) is 0.600. The van der Waals surface area contributed by atoms with Crippen LogP contribution in [0.4, 0.5) is 5.82 Å². The van der Waals surface area contributed by atoms with Crippen LogP contribution in [-0.4, -0.2) is 35.3 Å². The van der Waals surface area contributed by atoms with Gasteiger partial charge in [-0.1, -0.05) is 0 Å². The van der Waals surface area contributed by atoms with E-state index in [2.05, 4.69) is 28.7 Å². The summed E-state index contributed by atoms with van der Waals surface area (Å²) in [7, 11) is 0. The molecule has 0 amide bonds.